The molecule has 0 fully saturated rings. The zero-order chi connectivity index (χ0) is 16.9. The SMILES string of the molecule is Cc1cccc([C@@H](NC(=O)CCc2scnc2C)c2cccs2)c1. The number of nitrogens with zero attached hydrogens (tertiary/aromatic N) is 1. The van der Waals surface area contributed by atoms with Crippen LogP contribution in [0.4, 0.5) is 0 Å². The molecular weight excluding hydrogens is 336 g/mol. The van der Waals surface area contributed by atoms with Crippen LogP contribution in [0.1, 0.15) is 39.0 Å². The summed E-state index contributed by atoms with van der Waals surface area (Å²) in [5, 5.41) is 5.25. The first-order chi connectivity index (χ1) is 11.6. The molecule has 3 nitrogen and oxygen atoms in total. The average molecular weight is 357 g/mol. The monoisotopic (exact) mass is 356 g/mol. The van der Waals surface area contributed by atoms with Crippen LogP contribution in [0.3, 0.4) is 0 Å². The van der Waals surface area contributed by atoms with Crippen molar-refractivity contribution in [2.75, 3.05) is 0 Å². The lowest BCUT2D eigenvalue weighted by Gasteiger charge is -2.18. The normalized spacial score (nSPS) is 12.1. The highest BCUT2D eigenvalue weighted by molar-refractivity contribution is 7.10. The average Bonchev–Trinajstić information content (AvgIpc) is 3.22. The van der Waals surface area contributed by atoms with E-state index < -0.39 is 0 Å². The summed E-state index contributed by atoms with van der Waals surface area (Å²) in [5.74, 6) is 0.0720. The molecule has 5 heteroatoms. The standard InChI is InChI=1S/C19H20N2OS2/c1-13-5-3-6-15(11-13)19(17-7-4-10-23-17)21-18(22)9-8-16-14(2)20-12-24-16/h3-7,10-12,19H,8-9H2,1-2H3,(H,21,22)/t19-/m1/s1. The molecule has 0 aliphatic rings. The lowest BCUT2D eigenvalue weighted by molar-refractivity contribution is -0.121. The molecule has 1 aromatic carbocycles. The van der Waals surface area contributed by atoms with Gasteiger partial charge in [-0.15, -0.1) is 22.7 Å². The highest BCUT2D eigenvalue weighted by Gasteiger charge is 2.18. The number of aryl methyl sites for hydroxylation is 3. The van der Waals surface area contributed by atoms with Crippen molar-refractivity contribution in [2.45, 2.75) is 32.7 Å². The first-order valence-electron chi connectivity index (χ1n) is 7.92. The molecule has 24 heavy (non-hydrogen) atoms. The molecule has 0 bridgehead atoms. The molecule has 1 amide bonds. The van der Waals surface area contributed by atoms with Crippen LogP contribution < -0.4 is 5.32 Å². The largest absolute Gasteiger partial charge is 0.344 e. The Bertz CT molecular complexity index is 808. The molecule has 124 valence electrons. The van der Waals surface area contributed by atoms with Crippen molar-refractivity contribution in [1.82, 2.24) is 10.3 Å². The van der Waals surface area contributed by atoms with Crippen molar-refractivity contribution in [1.29, 1.82) is 0 Å². The van der Waals surface area contributed by atoms with Crippen molar-refractivity contribution in [3.8, 4) is 0 Å². The van der Waals surface area contributed by atoms with E-state index in [0.29, 0.717) is 6.42 Å². The van der Waals surface area contributed by atoms with Gasteiger partial charge in [0.1, 0.15) is 0 Å². The summed E-state index contributed by atoms with van der Waals surface area (Å²) < 4.78 is 0. The first-order valence-corrected chi connectivity index (χ1v) is 9.67. The van der Waals surface area contributed by atoms with E-state index in [9.17, 15) is 4.79 Å². The van der Waals surface area contributed by atoms with E-state index in [2.05, 4.69) is 41.5 Å². The van der Waals surface area contributed by atoms with Crippen LogP contribution in [0.15, 0.2) is 47.3 Å². The molecule has 0 radical (unpaired) electrons. The summed E-state index contributed by atoms with van der Waals surface area (Å²) in [6, 6.07) is 12.3. The van der Waals surface area contributed by atoms with Gasteiger partial charge in [-0.25, -0.2) is 4.98 Å². The van der Waals surface area contributed by atoms with Crippen LogP contribution in [0.25, 0.3) is 0 Å². The summed E-state index contributed by atoms with van der Waals surface area (Å²) in [7, 11) is 0. The van der Waals surface area contributed by atoms with Crippen LogP contribution in [0.5, 0.6) is 0 Å². The van der Waals surface area contributed by atoms with Gasteiger partial charge in [-0.05, 0) is 37.3 Å². The zero-order valence-corrected chi connectivity index (χ0v) is 15.4. The quantitative estimate of drug-likeness (QED) is 0.698. The number of amides is 1. The molecule has 0 saturated carbocycles. The van der Waals surface area contributed by atoms with Gasteiger partial charge in [-0.2, -0.15) is 0 Å². The number of hydrogen-bond acceptors (Lipinski definition) is 4. The van der Waals surface area contributed by atoms with E-state index in [1.807, 2.05) is 29.9 Å². The van der Waals surface area contributed by atoms with Crippen molar-refractivity contribution >= 4 is 28.6 Å². The summed E-state index contributed by atoms with van der Waals surface area (Å²) in [4.78, 5) is 19.1. The lowest BCUT2D eigenvalue weighted by atomic mass is 10.0. The molecule has 3 rings (SSSR count). The Hall–Kier alpha value is -1.98. The van der Waals surface area contributed by atoms with Crippen molar-refractivity contribution in [3.63, 3.8) is 0 Å². The highest BCUT2D eigenvalue weighted by atomic mass is 32.1. The van der Waals surface area contributed by atoms with E-state index in [-0.39, 0.29) is 11.9 Å². The van der Waals surface area contributed by atoms with Crippen molar-refractivity contribution < 1.29 is 4.79 Å². The number of thiazole rings is 1. The molecule has 0 aliphatic carbocycles. The number of benzene rings is 1. The maximum absolute atomic E-state index is 12.5. The Labute approximate surface area is 150 Å². The smallest absolute Gasteiger partial charge is 0.221 e. The van der Waals surface area contributed by atoms with E-state index in [0.717, 1.165) is 22.6 Å². The highest BCUT2D eigenvalue weighted by Crippen LogP contribution is 2.27. The molecule has 1 atom stereocenters. The third-order valence-corrected chi connectivity index (χ3v) is 5.86. The second-order valence-corrected chi connectivity index (χ2v) is 7.71. The Morgan fingerprint density at radius 3 is 2.75 bits per heavy atom. The summed E-state index contributed by atoms with van der Waals surface area (Å²) in [6.07, 6.45) is 1.23. The third-order valence-electron chi connectivity index (χ3n) is 3.93. The number of hydrogen-bond donors (Lipinski definition) is 1. The first kappa shape index (κ1) is 16.9. The van der Waals surface area contributed by atoms with Gasteiger partial charge in [0, 0.05) is 16.2 Å². The molecule has 0 spiro atoms. The molecule has 2 aromatic heterocycles. The Balaban J connectivity index is 1.72. The van der Waals surface area contributed by atoms with Crippen LogP contribution in [0.2, 0.25) is 0 Å². The fraction of sp³-hybridized carbons (Fsp3) is 0.263. The van der Waals surface area contributed by atoms with Gasteiger partial charge in [-0.1, -0.05) is 35.9 Å². The molecule has 0 aliphatic heterocycles. The van der Waals surface area contributed by atoms with Crippen LogP contribution >= 0.6 is 22.7 Å². The Kier molecular flexibility index (Phi) is 5.43. The predicted molar refractivity (Wildman–Crippen MR) is 101 cm³/mol. The number of nitrogens with one attached hydrogen (secondary N) is 1. The number of rotatable bonds is 6. The van der Waals surface area contributed by atoms with Crippen molar-refractivity contribution in [2.24, 2.45) is 0 Å². The lowest BCUT2D eigenvalue weighted by Crippen LogP contribution is -2.29. The maximum atomic E-state index is 12.5. The molecule has 3 aromatic rings. The predicted octanol–water partition coefficient (Wildman–Crippen LogP) is 4.66. The molecule has 1 N–H and O–H groups in total. The number of aromatic nitrogens is 1. The molecule has 2 heterocycles. The van der Waals surface area contributed by atoms with Crippen LogP contribution in [-0.4, -0.2) is 10.9 Å². The van der Waals surface area contributed by atoms with Crippen LogP contribution in [-0.2, 0) is 11.2 Å². The molecular formula is C19H20N2OS2. The number of carbonyl (C=O) groups is 1. The fourth-order valence-corrected chi connectivity index (χ4v) is 4.23. The van der Waals surface area contributed by atoms with Gasteiger partial charge in [0.2, 0.25) is 5.91 Å². The summed E-state index contributed by atoms with van der Waals surface area (Å²) >= 11 is 3.29. The minimum Gasteiger partial charge on any atom is -0.344 e. The number of thiophene rings is 1. The van der Waals surface area contributed by atoms with Crippen LogP contribution in [0, 0.1) is 13.8 Å². The summed E-state index contributed by atoms with van der Waals surface area (Å²) in [6.45, 7) is 4.06. The van der Waals surface area contributed by atoms with Crippen molar-refractivity contribution in [3.05, 3.63) is 73.9 Å². The van der Waals surface area contributed by atoms with E-state index in [1.165, 1.54) is 10.4 Å². The van der Waals surface area contributed by atoms with Gasteiger partial charge in [0.15, 0.2) is 0 Å². The van der Waals surface area contributed by atoms with Gasteiger partial charge in [0.05, 0.1) is 17.2 Å². The van der Waals surface area contributed by atoms with Gasteiger partial charge in [-0.3, -0.25) is 4.79 Å². The second-order valence-electron chi connectivity index (χ2n) is 5.79. The van der Waals surface area contributed by atoms with Gasteiger partial charge >= 0.3 is 0 Å². The second kappa shape index (κ2) is 7.73. The third kappa shape index (κ3) is 4.10. The van der Waals surface area contributed by atoms with E-state index >= 15 is 0 Å². The van der Waals surface area contributed by atoms with E-state index in [4.69, 9.17) is 0 Å². The topological polar surface area (TPSA) is 42.0 Å². The maximum Gasteiger partial charge on any atom is 0.221 e. The minimum atomic E-state index is -0.0834. The number of carbonyl (C=O) groups excluding carboxylic acids is 1. The molecule has 0 unspecified atom stereocenters. The zero-order valence-electron chi connectivity index (χ0n) is 13.8. The fourth-order valence-electron chi connectivity index (χ4n) is 2.65. The summed E-state index contributed by atoms with van der Waals surface area (Å²) in [5.41, 5.74) is 5.19. The Morgan fingerprint density at radius 1 is 1.21 bits per heavy atom. The minimum absolute atomic E-state index is 0.0720. The van der Waals surface area contributed by atoms with Gasteiger partial charge < -0.3 is 5.32 Å². The van der Waals surface area contributed by atoms with Gasteiger partial charge in [0.25, 0.3) is 0 Å². The molecule has 0 saturated heterocycles. The Morgan fingerprint density at radius 2 is 2.08 bits per heavy atom. The van der Waals surface area contributed by atoms with E-state index in [1.54, 1.807) is 22.7 Å².